The van der Waals surface area contributed by atoms with Crippen LogP contribution in [-0.2, 0) is 8.87 Å². The fourth-order valence-electron chi connectivity index (χ4n) is 3.89. The number of carbonyl (C=O) groups excluding carboxylic acids is 1. The zero-order valence-corrected chi connectivity index (χ0v) is 17.6. The molecule has 132 valence electrons. The van der Waals surface area contributed by atoms with Gasteiger partial charge in [0.15, 0.2) is 0 Å². The van der Waals surface area contributed by atoms with E-state index in [1.165, 1.54) is 0 Å². The number of carbonyl (C=O) groups is 1. The maximum atomic E-state index is 12.7. The third-order valence-corrected chi connectivity index (χ3v) is 9.72. The van der Waals surface area contributed by atoms with E-state index >= 15 is 0 Å². The van der Waals surface area contributed by atoms with Crippen LogP contribution in [0, 0.1) is 10.8 Å². The highest BCUT2D eigenvalue weighted by atomic mass is 32.2. The van der Waals surface area contributed by atoms with Crippen molar-refractivity contribution in [2.45, 2.75) is 35.9 Å². The van der Waals surface area contributed by atoms with E-state index in [9.17, 15) is 4.79 Å². The van der Waals surface area contributed by atoms with Crippen molar-refractivity contribution in [1.29, 1.82) is 0 Å². The van der Waals surface area contributed by atoms with Crippen LogP contribution in [0.15, 0.2) is 60.7 Å². The Balaban J connectivity index is 2.14. The van der Waals surface area contributed by atoms with Gasteiger partial charge in [-0.1, -0.05) is 88.4 Å². The molecule has 4 heteroatoms. The summed E-state index contributed by atoms with van der Waals surface area (Å²) < 4.78 is -1.13. The van der Waals surface area contributed by atoms with Gasteiger partial charge in [-0.15, -0.1) is 11.8 Å². The average molecular weight is 389 g/mol. The predicted octanol–water partition coefficient (Wildman–Crippen LogP) is 5.81. The molecule has 2 aromatic rings. The van der Waals surface area contributed by atoms with E-state index in [1.807, 2.05) is 64.1 Å². The van der Waals surface area contributed by atoms with Crippen molar-refractivity contribution in [3.63, 3.8) is 0 Å². The summed E-state index contributed by atoms with van der Waals surface area (Å²) in [6.07, 6.45) is 0. The molecule has 1 nitrogen and oxygen atoms in total. The molecule has 0 saturated heterocycles. The monoisotopic (exact) mass is 388 g/mol. The quantitative estimate of drug-likeness (QED) is 0.508. The lowest BCUT2D eigenvalue weighted by atomic mass is 9.53. The van der Waals surface area contributed by atoms with Crippen LogP contribution in [0.3, 0.4) is 0 Å². The highest BCUT2D eigenvalue weighted by molar-refractivity contribution is 8.18. The molecule has 0 spiro atoms. The van der Waals surface area contributed by atoms with Crippen molar-refractivity contribution in [3.8, 4) is 0 Å². The van der Waals surface area contributed by atoms with E-state index in [4.69, 9.17) is 25.3 Å². The highest BCUT2D eigenvalue weighted by Gasteiger charge is 2.72. The smallest absolute Gasteiger partial charge is 0.148 e. The summed E-state index contributed by atoms with van der Waals surface area (Å²) in [5, 5.41) is 0. The molecule has 1 saturated carbocycles. The Labute approximate surface area is 165 Å². The number of hydrogen-bond acceptors (Lipinski definition) is 4. The number of thioether (sulfide) groups is 1. The van der Waals surface area contributed by atoms with E-state index in [0.717, 1.165) is 11.1 Å². The first-order valence-corrected chi connectivity index (χ1v) is 10.1. The normalized spacial score (nSPS) is 20.8. The average Bonchev–Trinajstić information content (AvgIpc) is 2.61. The van der Waals surface area contributed by atoms with E-state index in [2.05, 4.69) is 24.3 Å². The van der Waals surface area contributed by atoms with Crippen LogP contribution in [-0.4, -0.2) is 9.86 Å². The van der Waals surface area contributed by atoms with Gasteiger partial charge in [0, 0.05) is 10.8 Å². The van der Waals surface area contributed by atoms with Gasteiger partial charge in [-0.05, 0) is 11.1 Å². The van der Waals surface area contributed by atoms with Gasteiger partial charge in [-0.3, -0.25) is 4.79 Å². The molecule has 1 aliphatic carbocycles. The van der Waals surface area contributed by atoms with Crippen LogP contribution < -0.4 is 0 Å². The highest BCUT2D eigenvalue weighted by Crippen LogP contribution is 2.72. The second kappa shape index (κ2) is 6.11. The number of benzene rings is 2. The SMILES string of the molecule is CC1(C)C(=O)C(C)(C)C1(S)SC(S)(c1ccccc1)c1ccccc1. The minimum Gasteiger partial charge on any atom is -0.298 e. The van der Waals surface area contributed by atoms with Crippen molar-refractivity contribution in [2.24, 2.45) is 10.8 Å². The second-order valence-corrected chi connectivity index (χ2v) is 11.1. The maximum Gasteiger partial charge on any atom is 0.148 e. The van der Waals surface area contributed by atoms with Gasteiger partial charge in [0.25, 0.3) is 0 Å². The number of thiol groups is 2. The topological polar surface area (TPSA) is 17.1 Å². The molecular formula is C21H24OS3. The van der Waals surface area contributed by atoms with Gasteiger partial charge in [-0.25, -0.2) is 0 Å². The van der Waals surface area contributed by atoms with Gasteiger partial charge in [0.05, 0.1) is 4.08 Å². The van der Waals surface area contributed by atoms with Gasteiger partial charge in [0.1, 0.15) is 9.86 Å². The van der Waals surface area contributed by atoms with Gasteiger partial charge in [-0.2, -0.15) is 25.3 Å². The number of hydrogen-bond donors (Lipinski definition) is 2. The Morgan fingerprint density at radius 3 is 1.52 bits per heavy atom. The van der Waals surface area contributed by atoms with Gasteiger partial charge in [0.2, 0.25) is 0 Å². The molecular weight excluding hydrogens is 364 g/mol. The third-order valence-electron chi connectivity index (χ3n) is 5.46. The zero-order chi connectivity index (χ0) is 18.5. The van der Waals surface area contributed by atoms with Crippen LogP contribution >= 0.6 is 37.0 Å². The van der Waals surface area contributed by atoms with Crippen molar-refractivity contribution >= 4 is 42.8 Å². The van der Waals surface area contributed by atoms with Gasteiger partial charge >= 0.3 is 0 Å². The molecule has 0 bridgehead atoms. The molecule has 0 heterocycles. The molecule has 0 aliphatic heterocycles. The van der Waals surface area contributed by atoms with Crippen LogP contribution in [0.2, 0.25) is 0 Å². The van der Waals surface area contributed by atoms with Crippen LogP contribution in [0.1, 0.15) is 38.8 Å². The van der Waals surface area contributed by atoms with Crippen LogP contribution in [0.5, 0.6) is 0 Å². The molecule has 0 N–H and O–H groups in total. The zero-order valence-electron chi connectivity index (χ0n) is 15.0. The Hall–Kier alpha value is -0.840. The summed E-state index contributed by atoms with van der Waals surface area (Å²) in [4.78, 5) is 12.7. The summed E-state index contributed by atoms with van der Waals surface area (Å²) in [6, 6.07) is 20.5. The van der Waals surface area contributed by atoms with Crippen molar-refractivity contribution in [2.75, 3.05) is 0 Å². The standard InChI is InChI=1S/C21H24OS3/c1-18(2)17(22)19(3,4)21(18,24)25-20(23,15-11-7-5-8-12-15)16-13-9-6-10-14-16/h5-14,23-24H,1-4H3. The number of Topliss-reactive ketones (excluding diaryl/α,β-unsaturated/α-hetero) is 1. The molecule has 1 fully saturated rings. The molecule has 3 rings (SSSR count). The van der Waals surface area contributed by atoms with Crippen LogP contribution in [0.25, 0.3) is 0 Å². The largest absolute Gasteiger partial charge is 0.298 e. The first-order chi connectivity index (χ1) is 11.6. The summed E-state index contributed by atoms with van der Waals surface area (Å²) in [7, 11) is 0. The fraction of sp³-hybridized carbons (Fsp3) is 0.381. The molecule has 0 amide bonds. The number of rotatable bonds is 4. The fourth-order valence-corrected chi connectivity index (χ4v) is 7.06. The molecule has 2 aromatic carbocycles. The summed E-state index contributed by atoms with van der Waals surface area (Å²) in [6.45, 7) is 7.96. The third kappa shape index (κ3) is 2.60. The Kier molecular flexibility index (Phi) is 4.62. The molecule has 25 heavy (non-hydrogen) atoms. The van der Waals surface area contributed by atoms with Crippen molar-refractivity contribution < 1.29 is 4.79 Å². The first-order valence-electron chi connectivity index (χ1n) is 8.38. The van der Waals surface area contributed by atoms with Crippen molar-refractivity contribution in [3.05, 3.63) is 71.8 Å². The van der Waals surface area contributed by atoms with Crippen molar-refractivity contribution in [1.82, 2.24) is 0 Å². The van der Waals surface area contributed by atoms with Gasteiger partial charge < -0.3 is 0 Å². The summed E-state index contributed by atoms with van der Waals surface area (Å²) in [5.41, 5.74) is 1.13. The van der Waals surface area contributed by atoms with Crippen LogP contribution in [0.4, 0.5) is 0 Å². The van der Waals surface area contributed by atoms with E-state index in [-0.39, 0.29) is 5.78 Å². The number of ketones is 1. The Morgan fingerprint density at radius 1 is 0.800 bits per heavy atom. The molecule has 0 unspecified atom stereocenters. The van der Waals surface area contributed by atoms with E-state index in [1.54, 1.807) is 11.8 Å². The molecule has 0 radical (unpaired) electrons. The van der Waals surface area contributed by atoms with E-state index < -0.39 is 19.0 Å². The summed E-state index contributed by atoms with van der Waals surface area (Å²) >= 11 is 11.9. The molecule has 1 aliphatic rings. The molecule has 0 atom stereocenters. The maximum absolute atomic E-state index is 12.7. The Morgan fingerprint density at radius 2 is 1.16 bits per heavy atom. The second-order valence-electron chi connectivity index (χ2n) is 7.70. The minimum absolute atomic E-state index is 0.249. The lowest BCUT2D eigenvalue weighted by molar-refractivity contribution is -0.152. The lowest BCUT2D eigenvalue weighted by Gasteiger charge is -2.64. The van der Waals surface area contributed by atoms with E-state index in [0.29, 0.717) is 0 Å². The lowest BCUT2D eigenvalue weighted by Crippen LogP contribution is -2.70. The summed E-state index contributed by atoms with van der Waals surface area (Å²) in [5.74, 6) is 0.249. The Bertz CT molecular complexity index is 724. The minimum atomic E-state index is -0.598. The first kappa shape index (κ1) is 18.9. The predicted molar refractivity (Wildman–Crippen MR) is 115 cm³/mol. The molecule has 0 aromatic heterocycles.